The van der Waals surface area contributed by atoms with Gasteiger partial charge >= 0.3 is 5.97 Å². The summed E-state index contributed by atoms with van der Waals surface area (Å²) in [5.74, 6) is -0.343. The molecule has 1 aliphatic carbocycles. The molecule has 1 rings (SSSR count). The predicted octanol–water partition coefficient (Wildman–Crippen LogP) is 0.0356. The van der Waals surface area contributed by atoms with Crippen LogP contribution in [0.15, 0.2) is 0 Å². The Kier molecular flexibility index (Phi) is 3.27. The molecule has 2 atom stereocenters. The standard InChI is InChI=1S/C9H18N2O2/c1-11-5-3-9(8(12)13)6-7(9)2-4-10/h7,11H,2-6,10H2,1H3,(H,12,13). The Labute approximate surface area is 78.5 Å². The molecule has 0 saturated heterocycles. The monoisotopic (exact) mass is 186 g/mol. The molecule has 1 fully saturated rings. The van der Waals surface area contributed by atoms with Crippen molar-refractivity contribution in [3.8, 4) is 0 Å². The normalized spacial score (nSPS) is 31.7. The van der Waals surface area contributed by atoms with Crippen molar-refractivity contribution in [2.24, 2.45) is 17.1 Å². The number of hydrogen-bond acceptors (Lipinski definition) is 3. The number of nitrogens with one attached hydrogen (secondary N) is 1. The van der Waals surface area contributed by atoms with Gasteiger partial charge in [0.2, 0.25) is 0 Å². The number of aliphatic carboxylic acids is 1. The van der Waals surface area contributed by atoms with Gasteiger partial charge in [-0.05, 0) is 45.3 Å². The summed E-state index contributed by atoms with van der Waals surface area (Å²) in [5.41, 5.74) is 4.95. The highest BCUT2D eigenvalue weighted by Crippen LogP contribution is 2.56. The summed E-state index contributed by atoms with van der Waals surface area (Å²) >= 11 is 0. The van der Waals surface area contributed by atoms with Gasteiger partial charge in [0.1, 0.15) is 0 Å². The highest BCUT2D eigenvalue weighted by molar-refractivity contribution is 5.78. The summed E-state index contributed by atoms with van der Waals surface area (Å²) in [6.07, 6.45) is 2.38. The van der Waals surface area contributed by atoms with Crippen LogP contribution in [0.5, 0.6) is 0 Å². The van der Waals surface area contributed by atoms with E-state index in [1.165, 1.54) is 0 Å². The van der Waals surface area contributed by atoms with Crippen molar-refractivity contribution in [1.29, 1.82) is 0 Å². The minimum absolute atomic E-state index is 0.309. The topological polar surface area (TPSA) is 75.3 Å². The van der Waals surface area contributed by atoms with Gasteiger partial charge in [0.25, 0.3) is 0 Å². The van der Waals surface area contributed by atoms with Crippen LogP contribution in [-0.4, -0.2) is 31.2 Å². The van der Waals surface area contributed by atoms with Gasteiger partial charge in [-0.15, -0.1) is 0 Å². The molecule has 76 valence electrons. The summed E-state index contributed by atoms with van der Waals surface area (Å²) in [5, 5.41) is 12.0. The number of rotatable bonds is 6. The summed E-state index contributed by atoms with van der Waals surface area (Å²) in [6.45, 7) is 1.37. The van der Waals surface area contributed by atoms with Crippen LogP contribution < -0.4 is 11.1 Å². The smallest absolute Gasteiger partial charge is 0.309 e. The molecule has 0 heterocycles. The van der Waals surface area contributed by atoms with E-state index >= 15 is 0 Å². The molecule has 4 nitrogen and oxygen atoms in total. The van der Waals surface area contributed by atoms with Crippen LogP contribution in [0.3, 0.4) is 0 Å². The average molecular weight is 186 g/mol. The minimum atomic E-state index is -0.652. The van der Waals surface area contributed by atoms with Gasteiger partial charge in [-0.2, -0.15) is 0 Å². The second-order valence-corrected chi connectivity index (χ2v) is 3.79. The quantitative estimate of drug-likeness (QED) is 0.547. The molecule has 1 saturated carbocycles. The van der Waals surface area contributed by atoms with Crippen molar-refractivity contribution < 1.29 is 9.90 Å². The van der Waals surface area contributed by atoms with E-state index in [1.807, 2.05) is 7.05 Å². The molecular formula is C9H18N2O2. The Hall–Kier alpha value is -0.610. The number of nitrogens with two attached hydrogens (primary N) is 1. The maximum absolute atomic E-state index is 11.0. The molecule has 0 aromatic rings. The van der Waals surface area contributed by atoms with Gasteiger partial charge in [0, 0.05) is 0 Å². The van der Waals surface area contributed by atoms with Crippen molar-refractivity contribution >= 4 is 5.97 Å². The molecule has 0 spiro atoms. The zero-order valence-electron chi connectivity index (χ0n) is 8.05. The van der Waals surface area contributed by atoms with E-state index in [-0.39, 0.29) is 0 Å². The van der Waals surface area contributed by atoms with Crippen molar-refractivity contribution in [3.63, 3.8) is 0 Å². The third-order valence-corrected chi connectivity index (χ3v) is 2.99. The van der Waals surface area contributed by atoms with E-state index in [0.717, 1.165) is 25.8 Å². The number of carboxylic acids is 1. The lowest BCUT2D eigenvalue weighted by Crippen LogP contribution is -2.23. The number of carbonyl (C=O) groups is 1. The number of hydrogen-bond donors (Lipinski definition) is 3. The van der Waals surface area contributed by atoms with Crippen molar-refractivity contribution in [2.75, 3.05) is 20.1 Å². The first-order chi connectivity index (χ1) is 6.17. The van der Waals surface area contributed by atoms with E-state index in [9.17, 15) is 4.79 Å². The fraction of sp³-hybridized carbons (Fsp3) is 0.889. The lowest BCUT2D eigenvalue weighted by atomic mass is 9.98. The highest BCUT2D eigenvalue weighted by Gasteiger charge is 2.58. The summed E-state index contributed by atoms with van der Waals surface area (Å²) in [7, 11) is 1.84. The molecule has 0 amide bonds. The lowest BCUT2D eigenvalue weighted by Gasteiger charge is -2.11. The van der Waals surface area contributed by atoms with E-state index in [4.69, 9.17) is 10.8 Å². The van der Waals surface area contributed by atoms with Crippen LogP contribution in [0.2, 0.25) is 0 Å². The Morgan fingerprint density at radius 3 is 2.92 bits per heavy atom. The number of carboxylic acid groups (broad SMARTS) is 1. The lowest BCUT2D eigenvalue weighted by molar-refractivity contribution is -0.144. The van der Waals surface area contributed by atoms with Crippen molar-refractivity contribution in [1.82, 2.24) is 5.32 Å². The molecule has 13 heavy (non-hydrogen) atoms. The maximum Gasteiger partial charge on any atom is 0.309 e. The third kappa shape index (κ3) is 2.00. The van der Waals surface area contributed by atoms with Crippen LogP contribution in [0.1, 0.15) is 19.3 Å². The summed E-state index contributed by atoms with van der Waals surface area (Å²) in [4.78, 5) is 11.0. The van der Waals surface area contributed by atoms with E-state index in [1.54, 1.807) is 0 Å². The second kappa shape index (κ2) is 4.07. The highest BCUT2D eigenvalue weighted by atomic mass is 16.4. The van der Waals surface area contributed by atoms with Gasteiger partial charge in [0.05, 0.1) is 5.41 Å². The third-order valence-electron chi connectivity index (χ3n) is 2.99. The summed E-state index contributed by atoms with van der Waals surface area (Å²) < 4.78 is 0. The zero-order chi connectivity index (χ0) is 9.90. The predicted molar refractivity (Wildman–Crippen MR) is 50.4 cm³/mol. The zero-order valence-corrected chi connectivity index (χ0v) is 8.05. The molecule has 0 bridgehead atoms. The maximum atomic E-state index is 11.0. The molecule has 2 unspecified atom stereocenters. The van der Waals surface area contributed by atoms with Gasteiger partial charge in [-0.25, -0.2) is 0 Å². The molecular weight excluding hydrogens is 168 g/mol. The van der Waals surface area contributed by atoms with Crippen molar-refractivity contribution in [3.05, 3.63) is 0 Å². The Balaban J connectivity index is 2.45. The van der Waals surface area contributed by atoms with Crippen LogP contribution in [-0.2, 0) is 4.79 Å². The van der Waals surface area contributed by atoms with Crippen LogP contribution >= 0.6 is 0 Å². The molecule has 0 aromatic heterocycles. The van der Waals surface area contributed by atoms with E-state index in [2.05, 4.69) is 5.32 Å². The van der Waals surface area contributed by atoms with Gasteiger partial charge in [0.15, 0.2) is 0 Å². The van der Waals surface area contributed by atoms with Crippen molar-refractivity contribution in [2.45, 2.75) is 19.3 Å². The first-order valence-corrected chi connectivity index (χ1v) is 4.75. The Morgan fingerprint density at radius 2 is 2.46 bits per heavy atom. The largest absolute Gasteiger partial charge is 0.481 e. The second-order valence-electron chi connectivity index (χ2n) is 3.79. The SMILES string of the molecule is CNCCC1(C(=O)O)CC1CCN. The van der Waals surface area contributed by atoms with E-state index < -0.39 is 11.4 Å². The van der Waals surface area contributed by atoms with Crippen LogP contribution in [0.4, 0.5) is 0 Å². The molecule has 0 aliphatic heterocycles. The average Bonchev–Trinajstić information content (AvgIpc) is 2.78. The van der Waals surface area contributed by atoms with E-state index in [0.29, 0.717) is 12.5 Å². The van der Waals surface area contributed by atoms with Gasteiger partial charge < -0.3 is 16.2 Å². The molecule has 4 N–H and O–H groups in total. The molecule has 0 radical (unpaired) electrons. The first kappa shape index (κ1) is 10.5. The Bertz CT molecular complexity index is 196. The summed E-state index contributed by atoms with van der Waals surface area (Å²) in [6, 6.07) is 0. The Morgan fingerprint density at radius 1 is 1.77 bits per heavy atom. The van der Waals surface area contributed by atoms with Crippen LogP contribution in [0, 0.1) is 11.3 Å². The minimum Gasteiger partial charge on any atom is -0.481 e. The van der Waals surface area contributed by atoms with Crippen LogP contribution in [0.25, 0.3) is 0 Å². The molecule has 0 aromatic carbocycles. The van der Waals surface area contributed by atoms with Gasteiger partial charge in [-0.3, -0.25) is 4.79 Å². The van der Waals surface area contributed by atoms with Gasteiger partial charge in [-0.1, -0.05) is 0 Å². The fourth-order valence-corrected chi connectivity index (χ4v) is 1.98. The molecule has 1 aliphatic rings. The molecule has 4 heteroatoms. The first-order valence-electron chi connectivity index (χ1n) is 4.75. The fourth-order valence-electron chi connectivity index (χ4n) is 1.98.